The van der Waals surface area contributed by atoms with Crippen LogP contribution in [0.2, 0.25) is 0 Å². The lowest BCUT2D eigenvalue weighted by atomic mass is 10.2. The van der Waals surface area contributed by atoms with Crippen LogP contribution >= 0.6 is 0 Å². The van der Waals surface area contributed by atoms with Crippen LogP contribution in [0.5, 0.6) is 0 Å². The van der Waals surface area contributed by atoms with Crippen LogP contribution in [-0.4, -0.2) is 50.6 Å². The number of hydrogen-bond donors (Lipinski definition) is 2. The fourth-order valence-electron chi connectivity index (χ4n) is 4.38. The van der Waals surface area contributed by atoms with Crippen molar-refractivity contribution in [3.8, 4) is 0 Å². The Labute approximate surface area is 163 Å². The Morgan fingerprint density at radius 3 is 2.61 bits per heavy atom. The summed E-state index contributed by atoms with van der Waals surface area (Å²) in [5.74, 6) is 1.11. The summed E-state index contributed by atoms with van der Waals surface area (Å²) in [5, 5.41) is 12.5. The lowest BCUT2D eigenvalue weighted by molar-refractivity contribution is 0.0746. The van der Waals surface area contributed by atoms with Crippen LogP contribution in [0.3, 0.4) is 0 Å². The molecule has 3 heterocycles. The Kier molecular flexibility index (Phi) is 3.84. The molecule has 7 nitrogen and oxygen atoms in total. The van der Waals surface area contributed by atoms with Crippen molar-refractivity contribution in [2.24, 2.45) is 18.9 Å². The third-order valence-corrected chi connectivity index (χ3v) is 6.50. The van der Waals surface area contributed by atoms with E-state index in [1.54, 1.807) is 23.2 Å². The molecule has 0 aromatic carbocycles. The van der Waals surface area contributed by atoms with E-state index in [2.05, 4.69) is 14.9 Å². The lowest BCUT2D eigenvalue weighted by Gasteiger charge is -2.19. The summed E-state index contributed by atoms with van der Waals surface area (Å²) in [6, 6.07) is 5.26. The maximum Gasteiger partial charge on any atom is 0.258 e. The van der Waals surface area contributed by atoms with Crippen molar-refractivity contribution < 1.29 is 14.7 Å². The van der Waals surface area contributed by atoms with Crippen LogP contribution < -0.4 is 5.32 Å². The monoisotopic (exact) mass is 380 g/mol. The number of aliphatic hydroxyl groups is 1. The van der Waals surface area contributed by atoms with Gasteiger partial charge in [-0.3, -0.25) is 9.59 Å². The molecule has 3 fully saturated rings. The second-order valence-electron chi connectivity index (χ2n) is 8.31. The van der Waals surface area contributed by atoms with Crippen LogP contribution in [0, 0.1) is 18.8 Å². The zero-order valence-electron chi connectivity index (χ0n) is 16.1. The van der Waals surface area contributed by atoms with Crippen LogP contribution in [0.15, 0.2) is 24.4 Å². The van der Waals surface area contributed by atoms with Gasteiger partial charge in [-0.15, -0.1) is 0 Å². The predicted molar refractivity (Wildman–Crippen MR) is 103 cm³/mol. The van der Waals surface area contributed by atoms with E-state index in [1.165, 1.54) is 18.5 Å². The summed E-state index contributed by atoms with van der Waals surface area (Å²) < 4.78 is 2.09. The Morgan fingerprint density at radius 2 is 1.93 bits per heavy atom. The molecule has 5 rings (SSSR count). The molecule has 1 saturated heterocycles. The SMILES string of the molecule is Cc1c(C(=O)Nc2cc(C(=O)N3C[C@@H]4C(O)[C@@H]4C3)ccn2)cc(C2CC2)n1C. The number of pyridine rings is 1. The number of nitrogens with zero attached hydrogens (tertiary/aromatic N) is 3. The zero-order valence-corrected chi connectivity index (χ0v) is 16.1. The molecule has 2 aromatic rings. The molecule has 0 radical (unpaired) electrons. The summed E-state index contributed by atoms with van der Waals surface area (Å²) in [7, 11) is 1.99. The third kappa shape index (κ3) is 2.81. The van der Waals surface area contributed by atoms with E-state index in [0.29, 0.717) is 36.0 Å². The summed E-state index contributed by atoms with van der Waals surface area (Å²) in [4.78, 5) is 31.5. The Hall–Kier alpha value is -2.67. The van der Waals surface area contributed by atoms with Crippen LogP contribution in [0.1, 0.15) is 50.9 Å². The van der Waals surface area contributed by atoms with E-state index >= 15 is 0 Å². The van der Waals surface area contributed by atoms with Crippen molar-refractivity contribution in [3.63, 3.8) is 0 Å². The number of carbonyl (C=O) groups is 2. The number of carbonyl (C=O) groups excluding carboxylic acids is 2. The number of aromatic nitrogens is 2. The first-order valence-corrected chi connectivity index (χ1v) is 9.85. The van der Waals surface area contributed by atoms with E-state index in [1.807, 2.05) is 20.0 Å². The van der Waals surface area contributed by atoms with E-state index in [9.17, 15) is 14.7 Å². The first kappa shape index (κ1) is 17.4. The van der Waals surface area contributed by atoms with E-state index in [-0.39, 0.29) is 29.8 Å². The summed E-state index contributed by atoms with van der Waals surface area (Å²) in [5.41, 5.74) is 3.29. The standard InChI is InChI=1S/C21H24N4O3/c1-11-14(8-17(24(11)2)12-3-4-12)20(27)23-18-7-13(5-6-22-18)21(28)25-9-15-16(10-25)19(15)26/h5-8,12,15-16,19,26H,3-4,9-10H2,1-2H3,(H,22,23,27)/t15-,16+,19?. The van der Waals surface area contributed by atoms with Crippen molar-refractivity contribution in [1.82, 2.24) is 14.5 Å². The fourth-order valence-corrected chi connectivity index (χ4v) is 4.38. The second-order valence-corrected chi connectivity index (χ2v) is 8.31. The van der Waals surface area contributed by atoms with Gasteiger partial charge in [0, 0.05) is 55.1 Å². The van der Waals surface area contributed by atoms with Gasteiger partial charge in [0.05, 0.1) is 11.7 Å². The Bertz CT molecular complexity index is 966. The molecule has 7 heteroatoms. The van der Waals surface area contributed by atoms with Gasteiger partial charge in [0.2, 0.25) is 0 Å². The summed E-state index contributed by atoms with van der Waals surface area (Å²) >= 11 is 0. The largest absolute Gasteiger partial charge is 0.392 e. The molecular formula is C21H24N4O3. The first-order valence-electron chi connectivity index (χ1n) is 9.85. The van der Waals surface area contributed by atoms with E-state index in [0.717, 1.165) is 5.69 Å². The second kappa shape index (κ2) is 6.17. The van der Waals surface area contributed by atoms with E-state index in [4.69, 9.17) is 0 Å². The number of anilines is 1. The Morgan fingerprint density at radius 1 is 1.21 bits per heavy atom. The minimum absolute atomic E-state index is 0.0794. The number of likely N-dealkylation sites (tertiary alicyclic amines) is 1. The molecule has 2 amide bonds. The molecule has 146 valence electrons. The normalized spacial score (nSPS) is 25.5. The number of amides is 2. The van der Waals surface area contributed by atoms with Gasteiger partial charge >= 0.3 is 0 Å². The first-order chi connectivity index (χ1) is 13.4. The number of hydrogen-bond acceptors (Lipinski definition) is 4. The van der Waals surface area contributed by atoms with Crippen molar-refractivity contribution in [2.45, 2.75) is 31.8 Å². The minimum atomic E-state index is -0.244. The number of rotatable bonds is 4. The predicted octanol–water partition coefficient (Wildman–Crippen LogP) is 1.92. The average Bonchev–Trinajstić information content (AvgIpc) is 3.54. The van der Waals surface area contributed by atoms with Gasteiger partial charge in [-0.2, -0.15) is 0 Å². The molecule has 1 unspecified atom stereocenters. The molecular weight excluding hydrogens is 356 g/mol. The van der Waals surface area contributed by atoms with Crippen LogP contribution in [0.4, 0.5) is 5.82 Å². The van der Waals surface area contributed by atoms with Gasteiger partial charge < -0.3 is 19.9 Å². The average molecular weight is 380 g/mol. The molecule has 0 spiro atoms. The molecule has 28 heavy (non-hydrogen) atoms. The molecule has 2 aromatic heterocycles. The fraction of sp³-hybridized carbons (Fsp3) is 0.476. The van der Waals surface area contributed by atoms with Gasteiger partial charge in [-0.05, 0) is 43.9 Å². The van der Waals surface area contributed by atoms with Gasteiger partial charge in [-0.25, -0.2) is 4.98 Å². The third-order valence-electron chi connectivity index (χ3n) is 6.50. The topological polar surface area (TPSA) is 87.5 Å². The van der Waals surface area contributed by atoms with Gasteiger partial charge in [-0.1, -0.05) is 0 Å². The highest BCUT2D eigenvalue weighted by atomic mass is 16.3. The lowest BCUT2D eigenvalue weighted by Crippen LogP contribution is -2.32. The molecule has 2 N–H and O–H groups in total. The van der Waals surface area contributed by atoms with Crippen LogP contribution in [-0.2, 0) is 7.05 Å². The summed E-state index contributed by atoms with van der Waals surface area (Å²) in [6.45, 7) is 3.14. The molecule has 3 atom stereocenters. The number of aliphatic hydroxyl groups excluding tert-OH is 1. The number of nitrogens with one attached hydrogen (secondary N) is 1. The highest BCUT2D eigenvalue weighted by Crippen LogP contribution is 2.45. The van der Waals surface area contributed by atoms with Crippen LogP contribution in [0.25, 0.3) is 0 Å². The quantitative estimate of drug-likeness (QED) is 0.848. The Balaban J connectivity index is 1.31. The van der Waals surface area contributed by atoms with Crippen molar-refractivity contribution in [1.29, 1.82) is 0 Å². The molecule has 3 aliphatic rings. The maximum absolute atomic E-state index is 12.8. The van der Waals surface area contributed by atoms with Gasteiger partial charge in [0.25, 0.3) is 11.8 Å². The molecule has 0 bridgehead atoms. The number of fused-ring (bicyclic) bond motifs is 1. The molecule has 2 saturated carbocycles. The van der Waals surface area contributed by atoms with Crippen molar-refractivity contribution in [3.05, 3.63) is 46.9 Å². The molecule has 2 aliphatic carbocycles. The van der Waals surface area contributed by atoms with Crippen molar-refractivity contribution in [2.75, 3.05) is 18.4 Å². The maximum atomic E-state index is 12.8. The highest BCUT2D eigenvalue weighted by Gasteiger charge is 2.56. The van der Waals surface area contributed by atoms with Crippen molar-refractivity contribution >= 4 is 17.6 Å². The highest BCUT2D eigenvalue weighted by molar-refractivity contribution is 6.05. The summed E-state index contributed by atoms with van der Waals surface area (Å²) in [6.07, 6.45) is 3.66. The number of piperidine rings is 1. The molecule has 1 aliphatic heterocycles. The minimum Gasteiger partial charge on any atom is -0.392 e. The van der Waals surface area contributed by atoms with Gasteiger partial charge in [0.1, 0.15) is 5.82 Å². The van der Waals surface area contributed by atoms with E-state index < -0.39 is 0 Å². The zero-order chi connectivity index (χ0) is 19.6. The van der Waals surface area contributed by atoms with Gasteiger partial charge in [0.15, 0.2) is 0 Å². The smallest absolute Gasteiger partial charge is 0.258 e.